The van der Waals surface area contributed by atoms with Gasteiger partial charge >= 0.3 is 5.97 Å². The summed E-state index contributed by atoms with van der Waals surface area (Å²) in [6, 6.07) is 21.9. The molecule has 1 N–H and O–H groups in total. The summed E-state index contributed by atoms with van der Waals surface area (Å²) in [5.41, 5.74) is 3.90. The lowest BCUT2D eigenvalue weighted by atomic mass is 9.91. The van der Waals surface area contributed by atoms with Gasteiger partial charge < -0.3 is 10.0 Å². The van der Waals surface area contributed by atoms with Crippen molar-refractivity contribution < 1.29 is 19.5 Å². The van der Waals surface area contributed by atoms with Crippen molar-refractivity contribution in [2.45, 2.75) is 33.1 Å². The van der Waals surface area contributed by atoms with E-state index in [-0.39, 0.29) is 18.1 Å². The zero-order valence-corrected chi connectivity index (χ0v) is 20.8. The molecule has 0 fully saturated rings. The molecule has 0 saturated heterocycles. The van der Waals surface area contributed by atoms with Gasteiger partial charge in [-0.05, 0) is 67.6 Å². The second-order valence-corrected chi connectivity index (χ2v) is 8.90. The first-order valence-corrected chi connectivity index (χ1v) is 12.2. The largest absolute Gasteiger partial charge is 0.481 e. The number of hydrogen-bond acceptors (Lipinski definition) is 3. The Morgan fingerprint density at radius 1 is 0.857 bits per heavy atom. The number of ketones is 1. The molecule has 0 heterocycles. The second-order valence-electron chi connectivity index (χ2n) is 8.46. The third-order valence-corrected chi connectivity index (χ3v) is 6.42. The molecule has 0 aliphatic carbocycles. The minimum absolute atomic E-state index is 0.0381. The van der Waals surface area contributed by atoms with Crippen molar-refractivity contribution in [1.82, 2.24) is 4.90 Å². The molecule has 0 aromatic heterocycles. The number of carbonyl (C=O) groups is 3. The molecular weight excluding hydrogens is 462 g/mol. The molecule has 3 aromatic carbocycles. The molecule has 1 amide bonds. The van der Waals surface area contributed by atoms with Gasteiger partial charge in [-0.15, -0.1) is 0 Å². The van der Waals surface area contributed by atoms with Crippen molar-refractivity contribution in [2.24, 2.45) is 5.92 Å². The molecule has 3 rings (SSSR count). The summed E-state index contributed by atoms with van der Waals surface area (Å²) < 4.78 is 0. The first-order chi connectivity index (χ1) is 16.8. The van der Waals surface area contributed by atoms with Gasteiger partial charge in [-0.2, -0.15) is 0 Å². The Morgan fingerprint density at radius 2 is 1.46 bits per heavy atom. The van der Waals surface area contributed by atoms with Gasteiger partial charge in [0.25, 0.3) is 5.91 Å². The molecule has 0 radical (unpaired) electrons. The van der Waals surface area contributed by atoms with E-state index in [0.29, 0.717) is 42.1 Å². The molecule has 0 unspecified atom stereocenters. The third-order valence-electron chi connectivity index (χ3n) is 6.17. The SMILES string of the molecule is CCN(CC)C(=O)c1cccc(CC[C@@H](CC(=O)c2ccc(-c3ccc(Cl)cc3)cc2)C(=O)O)c1. The van der Waals surface area contributed by atoms with E-state index in [0.717, 1.165) is 16.7 Å². The number of hydrogen-bond donors (Lipinski definition) is 1. The second kappa shape index (κ2) is 12.3. The Hall–Kier alpha value is -3.44. The molecule has 0 spiro atoms. The molecule has 0 saturated carbocycles. The summed E-state index contributed by atoms with van der Waals surface area (Å²) in [7, 11) is 0. The Balaban J connectivity index is 1.64. The van der Waals surface area contributed by atoms with Crippen molar-refractivity contribution in [3.05, 3.63) is 94.5 Å². The Labute approximate surface area is 211 Å². The minimum Gasteiger partial charge on any atom is -0.481 e. The highest BCUT2D eigenvalue weighted by molar-refractivity contribution is 6.30. The average Bonchev–Trinajstić information content (AvgIpc) is 2.87. The van der Waals surface area contributed by atoms with E-state index < -0.39 is 11.9 Å². The van der Waals surface area contributed by atoms with Crippen LogP contribution in [0.3, 0.4) is 0 Å². The molecule has 0 aliphatic rings. The maximum atomic E-state index is 12.8. The molecule has 35 heavy (non-hydrogen) atoms. The van der Waals surface area contributed by atoms with E-state index in [1.54, 1.807) is 23.1 Å². The topological polar surface area (TPSA) is 74.7 Å². The van der Waals surface area contributed by atoms with E-state index in [1.165, 1.54) is 0 Å². The summed E-state index contributed by atoms with van der Waals surface area (Å²) in [5.74, 6) is -2.04. The van der Waals surface area contributed by atoms with Crippen LogP contribution >= 0.6 is 11.6 Å². The number of halogens is 1. The van der Waals surface area contributed by atoms with Crippen LogP contribution < -0.4 is 0 Å². The van der Waals surface area contributed by atoms with Crippen LogP contribution in [0.25, 0.3) is 11.1 Å². The fourth-order valence-corrected chi connectivity index (χ4v) is 4.17. The van der Waals surface area contributed by atoms with Gasteiger partial charge in [0.15, 0.2) is 5.78 Å². The van der Waals surface area contributed by atoms with E-state index >= 15 is 0 Å². The lowest BCUT2D eigenvalue weighted by Gasteiger charge is -2.19. The van der Waals surface area contributed by atoms with E-state index in [9.17, 15) is 19.5 Å². The maximum Gasteiger partial charge on any atom is 0.306 e. The van der Waals surface area contributed by atoms with Crippen LogP contribution in [0.15, 0.2) is 72.8 Å². The molecule has 1 atom stereocenters. The number of nitrogens with zero attached hydrogens (tertiary/aromatic N) is 1. The number of benzene rings is 3. The van der Waals surface area contributed by atoms with Crippen LogP contribution in [0.1, 0.15) is 53.0 Å². The lowest BCUT2D eigenvalue weighted by Crippen LogP contribution is -2.30. The van der Waals surface area contributed by atoms with Crippen LogP contribution in [-0.4, -0.2) is 40.8 Å². The number of amides is 1. The van der Waals surface area contributed by atoms with Crippen molar-refractivity contribution in [1.29, 1.82) is 0 Å². The number of rotatable bonds is 11. The monoisotopic (exact) mass is 491 g/mol. The average molecular weight is 492 g/mol. The van der Waals surface area contributed by atoms with E-state index in [4.69, 9.17) is 11.6 Å². The van der Waals surface area contributed by atoms with Crippen LogP contribution in [0, 0.1) is 5.92 Å². The van der Waals surface area contributed by atoms with E-state index in [2.05, 4.69) is 0 Å². The minimum atomic E-state index is -0.994. The zero-order chi connectivity index (χ0) is 25.4. The van der Waals surface area contributed by atoms with Gasteiger partial charge in [-0.1, -0.05) is 60.1 Å². The van der Waals surface area contributed by atoms with Crippen molar-refractivity contribution >= 4 is 29.3 Å². The predicted molar refractivity (Wildman–Crippen MR) is 139 cm³/mol. The van der Waals surface area contributed by atoms with Crippen molar-refractivity contribution in [3.8, 4) is 11.1 Å². The molecular formula is C29H30ClNO4. The van der Waals surface area contributed by atoms with Crippen LogP contribution in [-0.2, 0) is 11.2 Å². The molecule has 6 heteroatoms. The Morgan fingerprint density at radius 3 is 2.03 bits per heavy atom. The standard InChI is InChI=1S/C29H30ClNO4/c1-3-31(4-2)28(33)24-7-5-6-20(18-24)8-9-25(29(34)35)19-27(32)23-12-10-21(11-13-23)22-14-16-26(30)17-15-22/h5-7,10-18,25H,3-4,8-9,19H2,1-2H3,(H,34,35)/t25-/m0/s1. The van der Waals surface area contributed by atoms with Gasteiger partial charge in [0.2, 0.25) is 0 Å². The van der Waals surface area contributed by atoms with Crippen LogP contribution in [0.4, 0.5) is 0 Å². The molecule has 3 aromatic rings. The molecule has 182 valence electrons. The first-order valence-electron chi connectivity index (χ1n) is 11.8. The maximum absolute atomic E-state index is 12.8. The number of aliphatic carboxylic acids is 1. The fraction of sp³-hybridized carbons (Fsp3) is 0.276. The summed E-state index contributed by atoms with van der Waals surface area (Å²) >= 11 is 5.94. The molecule has 5 nitrogen and oxygen atoms in total. The molecule has 0 aliphatic heterocycles. The van der Waals surface area contributed by atoms with E-state index in [1.807, 2.05) is 68.4 Å². The summed E-state index contributed by atoms with van der Waals surface area (Å²) in [6.07, 6.45) is 0.708. The number of aryl methyl sites for hydroxylation is 1. The summed E-state index contributed by atoms with van der Waals surface area (Å²) in [6.45, 7) is 5.13. The number of carboxylic acids is 1. The van der Waals surface area contributed by atoms with Crippen LogP contribution in [0.5, 0.6) is 0 Å². The van der Waals surface area contributed by atoms with Gasteiger partial charge in [0.1, 0.15) is 0 Å². The highest BCUT2D eigenvalue weighted by Gasteiger charge is 2.22. The highest BCUT2D eigenvalue weighted by Crippen LogP contribution is 2.23. The third kappa shape index (κ3) is 7.03. The smallest absolute Gasteiger partial charge is 0.306 e. The zero-order valence-electron chi connectivity index (χ0n) is 20.0. The van der Waals surface area contributed by atoms with Gasteiger partial charge in [0.05, 0.1) is 5.92 Å². The van der Waals surface area contributed by atoms with Crippen molar-refractivity contribution in [3.63, 3.8) is 0 Å². The quantitative estimate of drug-likeness (QED) is 0.315. The van der Waals surface area contributed by atoms with Crippen molar-refractivity contribution in [2.75, 3.05) is 13.1 Å². The van der Waals surface area contributed by atoms with Gasteiger partial charge in [-0.25, -0.2) is 0 Å². The first kappa shape index (κ1) is 26.2. The Bertz CT molecular complexity index is 1170. The predicted octanol–water partition coefficient (Wildman–Crippen LogP) is 6.40. The number of carboxylic acid groups (broad SMARTS) is 1. The normalized spacial score (nSPS) is 11.6. The lowest BCUT2D eigenvalue weighted by molar-refractivity contribution is -0.141. The number of carbonyl (C=O) groups excluding carboxylic acids is 2. The summed E-state index contributed by atoms with van der Waals surface area (Å²) in [4.78, 5) is 39.1. The highest BCUT2D eigenvalue weighted by atomic mass is 35.5. The number of Topliss-reactive ketones (excluding diaryl/α,β-unsaturated/α-hetero) is 1. The summed E-state index contributed by atoms with van der Waals surface area (Å²) in [5, 5.41) is 10.4. The van der Waals surface area contributed by atoms with Crippen LogP contribution in [0.2, 0.25) is 5.02 Å². The molecule has 0 bridgehead atoms. The van der Waals surface area contributed by atoms with Gasteiger partial charge in [-0.3, -0.25) is 14.4 Å². The van der Waals surface area contributed by atoms with Gasteiger partial charge in [0, 0.05) is 35.7 Å². The Kier molecular flexibility index (Phi) is 9.21. The fourth-order valence-electron chi connectivity index (χ4n) is 4.04.